The molecule has 2 aliphatic heterocycles. The molecule has 8 nitrogen and oxygen atoms in total. The van der Waals surface area contributed by atoms with Crippen molar-refractivity contribution < 1.29 is 14.3 Å². The maximum atomic E-state index is 13.3. The molecule has 0 radical (unpaired) electrons. The second kappa shape index (κ2) is 8.63. The monoisotopic (exact) mass is 433 g/mol. The number of aromatic nitrogens is 2. The lowest BCUT2D eigenvalue weighted by Gasteiger charge is -2.34. The first-order chi connectivity index (χ1) is 15.6. The first-order valence-electron chi connectivity index (χ1n) is 11.0. The number of nitrogens with one attached hydrogen (secondary N) is 1. The molecule has 2 aromatic carbocycles. The first kappa shape index (κ1) is 20.5. The number of ether oxygens (including phenoxy) is 1. The van der Waals surface area contributed by atoms with Crippen molar-refractivity contribution >= 4 is 22.7 Å². The van der Waals surface area contributed by atoms with Crippen LogP contribution in [0.15, 0.2) is 42.5 Å². The average Bonchev–Trinajstić information content (AvgIpc) is 3.12. The highest BCUT2D eigenvalue weighted by Crippen LogP contribution is 2.27. The minimum Gasteiger partial charge on any atom is -0.491 e. The van der Waals surface area contributed by atoms with Gasteiger partial charge in [-0.2, -0.15) is 5.10 Å². The lowest BCUT2D eigenvalue weighted by Crippen LogP contribution is -2.47. The summed E-state index contributed by atoms with van der Waals surface area (Å²) in [4.78, 5) is 30.9. The number of rotatable bonds is 3. The lowest BCUT2D eigenvalue weighted by molar-refractivity contribution is -0.130. The quantitative estimate of drug-likeness (QED) is 0.685. The van der Waals surface area contributed by atoms with Crippen LogP contribution in [0.1, 0.15) is 28.5 Å². The lowest BCUT2D eigenvalue weighted by atomic mass is 10.1. The zero-order chi connectivity index (χ0) is 22.1. The molecular formula is C24H27N5O3. The third kappa shape index (κ3) is 4.05. The van der Waals surface area contributed by atoms with Crippen LogP contribution in [0.5, 0.6) is 5.75 Å². The Morgan fingerprint density at radius 2 is 1.84 bits per heavy atom. The van der Waals surface area contributed by atoms with E-state index in [-0.39, 0.29) is 11.8 Å². The summed E-state index contributed by atoms with van der Waals surface area (Å²) in [6.45, 7) is 7.16. The number of amides is 2. The fourth-order valence-corrected chi connectivity index (χ4v) is 4.47. The van der Waals surface area contributed by atoms with Gasteiger partial charge >= 0.3 is 0 Å². The molecule has 2 amide bonds. The Morgan fingerprint density at radius 1 is 1.03 bits per heavy atom. The number of nitrogens with zero attached hydrogens (tertiary/aromatic N) is 4. The molecular weight excluding hydrogens is 406 g/mol. The molecule has 0 aliphatic carbocycles. The van der Waals surface area contributed by atoms with Crippen molar-refractivity contribution in [2.45, 2.75) is 20.0 Å². The Kier molecular flexibility index (Phi) is 5.53. The molecule has 3 heterocycles. The number of para-hydroxylation sites is 1. The zero-order valence-electron chi connectivity index (χ0n) is 18.2. The van der Waals surface area contributed by atoms with E-state index in [1.165, 1.54) is 5.56 Å². The van der Waals surface area contributed by atoms with E-state index in [9.17, 15) is 9.59 Å². The molecule has 1 aromatic heterocycles. The Balaban J connectivity index is 1.31. The van der Waals surface area contributed by atoms with Gasteiger partial charge in [-0.05, 0) is 23.8 Å². The van der Waals surface area contributed by atoms with Crippen LogP contribution in [0, 0.1) is 0 Å². The predicted molar refractivity (Wildman–Crippen MR) is 120 cm³/mol. The summed E-state index contributed by atoms with van der Waals surface area (Å²) < 4.78 is 5.94. The minimum atomic E-state index is -0.0929. The number of hydrogen-bond acceptors (Lipinski definition) is 5. The molecule has 3 aromatic rings. The molecule has 0 bridgehead atoms. The summed E-state index contributed by atoms with van der Waals surface area (Å²) in [5, 5.41) is 8.06. The summed E-state index contributed by atoms with van der Waals surface area (Å²) in [7, 11) is 0. The van der Waals surface area contributed by atoms with Crippen LogP contribution < -0.4 is 4.74 Å². The Labute approximate surface area is 186 Å². The maximum absolute atomic E-state index is 13.3. The van der Waals surface area contributed by atoms with Crippen molar-refractivity contribution in [1.29, 1.82) is 0 Å². The highest BCUT2D eigenvalue weighted by Gasteiger charge is 2.25. The van der Waals surface area contributed by atoms with Gasteiger partial charge in [0, 0.05) is 57.1 Å². The number of benzene rings is 2. The number of fused-ring (bicyclic) bond motifs is 2. The maximum Gasteiger partial charge on any atom is 0.275 e. The molecule has 32 heavy (non-hydrogen) atoms. The van der Waals surface area contributed by atoms with Crippen LogP contribution in [0.25, 0.3) is 10.9 Å². The normalized spacial score (nSPS) is 17.0. The summed E-state index contributed by atoms with van der Waals surface area (Å²) in [5.41, 5.74) is 3.50. The first-order valence-corrected chi connectivity index (χ1v) is 11.0. The van der Waals surface area contributed by atoms with Crippen LogP contribution >= 0.6 is 0 Å². The van der Waals surface area contributed by atoms with Crippen molar-refractivity contribution in [3.63, 3.8) is 0 Å². The summed E-state index contributed by atoms with van der Waals surface area (Å²) in [6, 6.07) is 13.9. The van der Waals surface area contributed by atoms with Crippen molar-refractivity contribution in [1.82, 2.24) is 24.9 Å². The zero-order valence-corrected chi connectivity index (χ0v) is 18.2. The van der Waals surface area contributed by atoms with E-state index in [4.69, 9.17) is 4.74 Å². The summed E-state index contributed by atoms with van der Waals surface area (Å²) in [6.07, 6.45) is 0. The van der Waals surface area contributed by atoms with Gasteiger partial charge in [0.2, 0.25) is 5.91 Å². The van der Waals surface area contributed by atoms with Crippen molar-refractivity contribution in [3.8, 4) is 5.75 Å². The molecule has 1 N–H and O–H groups in total. The highest BCUT2D eigenvalue weighted by atomic mass is 16.5. The minimum absolute atomic E-state index is 0.0929. The van der Waals surface area contributed by atoms with Crippen molar-refractivity contribution in [3.05, 3.63) is 59.3 Å². The number of H-pyrrole nitrogens is 1. The Hall–Kier alpha value is -3.39. The molecule has 166 valence electrons. The predicted octanol–water partition coefficient (Wildman–Crippen LogP) is 2.26. The van der Waals surface area contributed by atoms with Gasteiger partial charge < -0.3 is 14.5 Å². The second-order valence-corrected chi connectivity index (χ2v) is 8.42. The van der Waals surface area contributed by atoms with E-state index in [1.807, 2.05) is 40.1 Å². The van der Waals surface area contributed by atoms with Gasteiger partial charge in [0.1, 0.15) is 12.4 Å². The van der Waals surface area contributed by atoms with Crippen LogP contribution in [0.3, 0.4) is 0 Å². The molecule has 1 saturated heterocycles. The molecule has 0 saturated carbocycles. The molecule has 0 spiro atoms. The number of carbonyl (C=O) groups excluding carboxylic acids is 2. The molecule has 2 aliphatic rings. The van der Waals surface area contributed by atoms with E-state index in [0.29, 0.717) is 25.4 Å². The van der Waals surface area contributed by atoms with Gasteiger partial charge in [0.25, 0.3) is 5.91 Å². The van der Waals surface area contributed by atoms with Crippen molar-refractivity contribution in [2.24, 2.45) is 0 Å². The number of aromatic amines is 1. The fourth-order valence-electron chi connectivity index (χ4n) is 4.47. The van der Waals surface area contributed by atoms with Gasteiger partial charge in [-0.1, -0.05) is 24.3 Å². The summed E-state index contributed by atoms with van der Waals surface area (Å²) in [5.74, 6) is 0.878. The van der Waals surface area contributed by atoms with Gasteiger partial charge in [-0.25, -0.2) is 0 Å². The molecule has 8 heteroatoms. The number of hydrogen-bond donors (Lipinski definition) is 1. The van der Waals surface area contributed by atoms with Gasteiger partial charge in [0.05, 0.1) is 12.1 Å². The molecule has 0 atom stereocenters. The third-order valence-corrected chi connectivity index (χ3v) is 6.29. The fraction of sp³-hybridized carbons (Fsp3) is 0.375. The average molecular weight is 434 g/mol. The second-order valence-electron chi connectivity index (χ2n) is 8.42. The van der Waals surface area contributed by atoms with Crippen LogP contribution in [-0.2, 0) is 17.9 Å². The van der Waals surface area contributed by atoms with Crippen LogP contribution in [-0.4, -0.2) is 76.0 Å². The Bertz CT molecular complexity index is 1150. The van der Waals surface area contributed by atoms with E-state index in [2.05, 4.69) is 27.2 Å². The SMILES string of the molecule is CC(=O)N1CCN(Cc2ccc3c(c2)CN(C(=O)c2n[nH]c4ccccc24)CCO3)CC1. The summed E-state index contributed by atoms with van der Waals surface area (Å²) >= 11 is 0. The molecule has 1 fully saturated rings. The largest absolute Gasteiger partial charge is 0.491 e. The van der Waals surface area contributed by atoms with Crippen molar-refractivity contribution in [2.75, 3.05) is 39.3 Å². The molecule has 0 unspecified atom stereocenters. The third-order valence-electron chi connectivity index (χ3n) is 6.29. The number of piperazine rings is 1. The van der Waals surface area contributed by atoms with Gasteiger partial charge in [0.15, 0.2) is 5.69 Å². The van der Waals surface area contributed by atoms with E-state index in [1.54, 1.807) is 6.92 Å². The van der Waals surface area contributed by atoms with E-state index in [0.717, 1.165) is 54.9 Å². The standard InChI is InChI=1S/C24H27N5O3/c1-17(30)28-10-8-27(9-11-28)15-18-6-7-22-19(14-18)16-29(12-13-32-22)24(31)23-20-4-2-3-5-21(20)25-26-23/h2-7,14H,8-13,15-16H2,1H3,(H,25,26). The van der Waals surface area contributed by atoms with Crippen LogP contribution in [0.4, 0.5) is 0 Å². The highest BCUT2D eigenvalue weighted by molar-refractivity contribution is 6.04. The van der Waals surface area contributed by atoms with Crippen LogP contribution in [0.2, 0.25) is 0 Å². The number of carbonyl (C=O) groups is 2. The van der Waals surface area contributed by atoms with Gasteiger partial charge in [-0.3, -0.25) is 19.6 Å². The topological polar surface area (TPSA) is 81.8 Å². The van der Waals surface area contributed by atoms with E-state index < -0.39 is 0 Å². The molecule has 5 rings (SSSR count). The Morgan fingerprint density at radius 3 is 2.66 bits per heavy atom. The smallest absolute Gasteiger partial charge is 0.275 e. The van der Waals surface area contributed by atoms with Gasteiger partial charge in [-0.15, -0.1) is 0 Å². The van der Waals surface area contributed by atoms with E-state index >= 15 is 0 Å².